The van der Waals surface area contributed by atoms with Gasteiger partial charge < -0.3 is 19.0 Å². The zero-order valence-electron chi connectivity index (χ0n) is 16.6. The molecule has 150 valence electrons. The molecule has 6 nitrogen and oxygen atoms in total. The maximum Gasteiger partial charge on any atom is 0.247 e. The third kappa shape index (κ3) is 5.19. The molecule has 0 fully saturated rings. The predicted molar refractivity (Wildman–Crippen MR) is 117 cm³/mol. The highest BCUT2D eigenvalue weighted by Crippen LogP contribution is 2.25. The van der Waals surface area contributed by atoms with Gasteiger partial charge in [-0.05, 0) is 49.8 Å². The Morgan fingerprint density at radius 3 is 2.76 bits per heavy atom. The van der Waals surface area contributed by atoms with Crippen LogP contribution in [-0.2, 0) is 12.3 Å². The minimum Gasteiger partial charge on any atom is -0.493 e. The normalized spacial score (nSPS) is 11.4. The third-order valence-corrected chi connectivity index (χ3v) is 5.25. The Balaban J connectivity index is 1.32. The molecule has 4 aromatic rings. The number of para-hydroxylation sites is 1. The second kappa shape index (κ2) is 9.15. The van der Waals surface area contributed by atoms with Crippen LogP contribution in [0.15, 0.2) is 59.0 Å². The van der Waals surface area contributed by atoms with Crippen LogP contribution in [0.25, 0.3) is 22.4 Å². The van der Waals surface area contributed by atoms with Gasteiger partial charge in [0.2, 0.25) is 11.8 Å². The molecule has 0 amide bonds. The van der Waals surface area contributed by atoms with Crippen LogP contribution in [0.1, 0.15) is 11.6 Å². The molecule has 2 heterocycles. The molecule has 0 saturated carbocycles. The number of benzene rings is 2. The highest BCUT2D eigenvalue weighted by molar-refractivity contribution is 7.98. The van der Waals surface area contributed by atoms with E-state index in [-0.39, 0.29) is 0 Å². The number of ether oxygens (including phenoxy) is 1. The smallest absolute Gasteiger partial charge is 0.247 e. The van der Waals surface area contributed by atoms with Crippen LogP contribution >= 0.6 is 11.8 Å². The first-order valence-electron chi connectivity index (χ1n) is 9.52. The molecule has 0 radical (unpaired) electrons. The van der Waals surface area contributed by atoms with Gasteiger partial charge in [0.1, 0.15) is 5.75 Å². The first-order valence-corrected chi connectivity index (χ1v) is 10.7. The molecular weight excluding hydrogens is 384 g/mol. The number of nitrogens with zero attached hydrogens (tertiary/aromatic N) is 3. The van der Waals surface area contributed by atoms with E-state index in [9.17, 15) is 0 Å². The van der Waals surface area contributed by atoms with E-state index in [0.29, 0.717) is 24.1 Å². The van der Waals surface area contributed by atoms with Gasteiger partial charge in [-0.25, -0.2) is 0 Å². The van der Waals surface area contributed by atoms with Crippen molar-refractivity contribution < 1.29 is 9.15 Å². The molecule has 0 atom stereocenters. The molecule has 0 aliphatic rings. The van der Waals surface area contributed by atoms with Crippen molar-refractivity contribution in [3.8, 4) is 17.2 Å². The van der Waals surface area contributed by atoms with E-state index in [1.54, 1.807) is 11.8 Å². The van der Waals surface area contributed by atoms with Crippen molar-refractivity contribution in [3.05, 3.63) is 66.2 Å². The van der Waals surface area contributed by atoms with E-state index >= 15 is 0 Å². The van der Waals surface area contributed by atoms with Gasteiger partial charge in [-0.1, -0.05) is 24.3 Å². The van der Waals surface area contributed by atoms with Crippen LogP contribution in [0.4, 0.5) is 0 Å². The van der Waals surface area contributed by atoms with Crippen molar-refractivity contribution in [1.29, 1.82) is 0 Å². The summed E-state index contributed by atoms with van der Waals surface area (Å²) in [6.45, 7) is 1.52. The number of aromatic nitrogens is 3. The van der Waals surface area contributed by atoms with Gasteiger partial charge in [0.25, 0.3) is 0 Å². The summed E-state index contributed by atoms with van der Waals surface area (Å²) < 4.78 is 11.5. The largest absolute Gasteiger partial charge is 0.493 e. The van der Waals surface area contributed by atoms with Crippen LogP contribution in [0.2, 0.25) is 0 Å². The van der Waals surface area contributed by atoms with Crippen LogP contribution in [-0.4, -0.2) is 46.5 Å². The summed E-state index contributed by atoms with van der Waals surface area (Å²) in [5.41, 5.74) is 3.18. The first kappa shape index (κ1) is 19.5. The molecule has 0 unspecified atom stereocenters. The number of rotatable bonds is 9. The lowest BCUT2D eigenvalue weighted by atomic mass is 10.1. The fourth-order valence-electron chi connectivity index (χ4n) is 3.07. The topological polar surface area (TPSA) is 67.2 Å². The molecule has 2 aromatic carbocycles. The number of hydrogen-bond donors (Lipinski definition) is 1. The van der Waals surface area contributed by atoms with Gasteiger partial charge in [0.15, 0.2) is 0 Å². The molecular formula is C22H24N4O2S. The lowest BCUT2D eigenvalue weighted by molar-refractivity contribution is 0.344. The molecule has 0 aliphatic heterocycles. The molecule has 4 rings (SSSR count). The van der Waals surface area contributed by atoms with Crippen molar-refractivity contribution >= 4 is 22.7 Å². The minimum atomic E-state index is 0.548. The van der Waals surface area contributed by atoms with Gasteiger partial charge in [-0.2, -0.15) is 0 Å². The van der Waals surface area contributed by atoms with E-state index < -0.39 is 0 Å². The number of nitrogens with one attached hydrogen (secondary N) is 1. The molecule has 7 heteroatoms. The Labute approximate surface area is 174 Å². The minimum absolute atomic E-state index is 0.548. The van der Waals surface area contributed by atoms with Crippen molar-refractivity contribution in [1.82, 2.24) is 20.1 Å². The molecule has 0 spiro atoms. The Bertz CT molecular complexity index is 1060. The summed E-state index contributed by atoms with van der Waals surface area (Å²) in [6, 6.07) is 18.2. The van der Waals surface area contributed by atoms with E-state index in [1.807, 2.05) is 36.4 Å². The van der Waals surface area contributed by atoms with Gasteiger partial charge in [-0.3, -0.25) is 0 Å². The highest BCUT2D eigenvalue weighted by Gasteiger charge is 2.11. The zero-order valence-corrected chi connectivity index (χ0v) is 17.4. The monoisotopic (exact) mass is 408 g/mol. The van der Waals surface area contributed by atoms with Crippen molar-refractivity contribution in [2.24, 2.45) is 0 Å². The highest BCUT2D eigenvalue weighted by atomic mass is 32.2. The van der Waals surface area contributed by atoms with Crippen LogP contribution in [0.3, 0.4) is 0 Å². The number of hydrogen-bond acceptors (Lipinski definition) is 6. The van der Waals surface area contributed by atoms with Crippen molar-refractivity contribution in [2.75, 3.05) is 26.5 Å². The summed E-state index contributed by atoms with van der Waals surface area (Å²) in [5.74, 6) is 3.59. The maximum atomic E-state index is 5.85. The average Bonchev–Trinajstić information content (AvgIpc) is 3.33. The number of aromatic amines is 1. The number of thioether (sulfide) groups is 1. The van der Waals surface area contributed by atoms with Crippen molar-refractivity contribution in [2.45, 2.75) is 12.3 Å². The summed E-state index contributed by atoms with van der Waals surface area (Å²) in [4.78, 5) is 5.59. The standard InChI is InChI=1S/C22H24N4O2S/c1-26(2)14-18-12-16-8-9-17(13-20(16)23-18)22-25-24-21(28-22)15-29-11-10-27-19-6-4-3-5-7-19/h3-9,12-13,23H,10-11,14-15H2,1-2H3. The summed E-state index contributed by atoms with van der Waals surface area (Å²) in [5, 5.41) is 9.57. The maximum absolute atomic E-state index is 5.85. The lowest BCUT2D eigenvalue weighted by Crippen LogP contribution is -2.10. The summed E-state index contributed by atoms with van der Waals surface area (Å²) in [6.07, 6.45) is 0. The number of H-pyrrole nitrogens is 1. The van der Waals surface area contributed by atoms with Crippen LogP contribution < -0.4 is 4.74 Å². The summed E-state index contributed by atoms with van der Waals surface area (Å²) >= 11 is 1.71. The first-order chi connectivity index (χ1) is 14.2. The summed E-state index contributed by atoms with van der Waals surface area (Å²) in [7, 11) is 4.12. The molecule has 0 aliphatic carbocycles. The SMILES string of the molecule is CN(C)Cc1cc2ccc(-c3nnc(CSCCOc4ccccc4)o3)cc2[nH]1. The number of fused-ring (bicyclic) bond motifs is 1. The Hall–Kier alpha value is -2.77. The van der Waals surface area contributed by atoms with Crippen LogP contribution in [0, 0.1) is 0 Å². The van der Waals surface area contributed by atoms with Crippen molar-refractivity contribution in [3.63, 3.8) is 0 Å². The van der Waals surface area contributed by atoms with E-state index in [4.69, 9.17) is 9.15 Å². The van der Waals surface area contributed by atoms with Gasteiger partial charge in [0.05, 0.1) is 12.4 Å². The van der Waals surface area contributed by atoms with E-state index in [1.165, 1.54) is 11.1 Å². The van der Waals surface area contributed by atoms with Gasteiger partial charge >= 0.3 is 0 Å². The quantitative estimate of drug-likeness (QED) is 0.409. The van der Waals surface area contributed by atoms with Crippen LogP contribution in [0.5, 0.6) is 5.75 Å². The average molecular weight is 409 g/mol. The Morgan fingerprint density at radius 2 is 1.93 bits per heavy atom. The molecule has 0 saturated heterocycles. The second-order valence-corrected chi connectivity index (χ2v) is 8.15. The Kier molecular flexibility index (Phi) is 6.17. The molecule has 1 N–H and O–H groups in total. The van der Waals surface area contributed by atoms with E-state index in [0.717, 1.165) is 29.1 Å². The van der Waals surface area contributed by atoms with E-state index in [2.05, 4.69) is 52.4 Å². The molecule has 29 heavy (non-hydrogen) atoms. The Morgan fingerprint density at radius 1 is 1.07 bits per heavy atom. The van der Waals surface area contributed by atoms with Gasteiger partial charge in [-0.15, -0.1) is 22.0 Å². The second-order valence-electron chi connectivity index (χ2n) is 7.05. The molecule has 2 aromatic heterocycles. The predicted octanol–water partition coefficient (Wildman–Crippen LogP) is 4.59. The van der Waals surface area contributed by atoms with Gasteiger partial charge in [0, 0.05) is 29.1 Å². The zero-order chi connectivity index (χ0) is 20.1. The fraction of sp³-hybridized carbons (Fsp3) is 0.273. The molecule has 0 bridgehead atoms. The third-order valence-electron chi connectivity index (χ3n) is 4.34. The fourth-order valence-corrected chi connectivity index (χ4v) is 3.71. The lowest BCUT2D eigenvalue weighted by Gasteiger charge is -2.06.